The molecule has 0 bridgehead atoms. The van der Waals surface area contributed by atoms with Gasteiger partial charge in [-0.1, -0.05) is 13.8 Å². The van der Waals surface area contributed by atoms with Crippen molar-refractivity contribution >= 4 is 17.8 Å². The van der Waals surface area contributed by atoms with Crippen LogP contribution in [0.15, 0.2) is 12.1 Å². The Labute approximate surface area is 124 Å². The fourth-order valence-electron chi connectivity index (χ4n) is 1.71. The molecule has 0 atom stereocenters. The molecule has 7 heteroatoms. The number of carbonyl (C=O) groups is 2. The average Bonchev–Trinajstić information content (AvgIpc) is 2.48. The van der Waals surface area contributed by atoms with Crippen molar-refractivity contribution in [3.05, 3.63) is 23.4 Å². The number of anilines is 1. The topological polar surface area (TPSA) is 109 Å². The van der Waals surface area contributed by atoms with Gasteiger partial charge in [0.2, 0.25) is 0 Å². The molecule has 0 unspecified atom stereocenters. The van der Waals surface area contributed by atoms with Crippen LogP contribution in [0.2, 0.25) is 0 Å². The number of nitrogens with two attached hydrogens (primary N) is 1. The molecule has 0 spiro atoms. The number of carbonyl (C=O) groups excluding carboxylic acids is 2. The summed E-state index contributed by atoms with van der Waals surface area (Å²) in [4.78, 5) is 27.0. The Morgan fingerprint density at radius 1 is 1.14 bits per heavy atom. The molecule has 0 aliphatic rings. The summed E-state index contributed by atoms with van der Waals surface area (Å²) in [6.45, 7) is 5.49. The van der Waals surface area contributed by atoms with Crippen molar-refractivity contribution in [1.29, 1.82) is 0 Å². The monoisotopic (exact) mass is 293 g/mol. The van der Waals surface area contributed by atoms with Gasteiger partial charge in [0.05, 0.1) is 0 Å². The zero-order valence-corrected chi connectivity index (χ0v) is 12.5. The molecule has 0 aliphatic carbocycles. The number of amides is 3. The molecule has 1 aromatic heterocycles. The standard InChI is InChI=1S/C14H23N5O2/c1-3-5-16-12-9-10(8-11(4-2)19-12)13(20)17-6-7-18-14(15)21/h8-9H,3-7H2,1-2H3,(H,16,19)(H,17,20)(H3,15,18,21). The second kappa shape index (κ2) is 8.78. The predicted molar refractivity (Wildman–Crippen MR) is 82.3 cm³/mol. The van der Waals surface area contributed by atoms with E-state index in [9.17, 15) is 9.59 Å². The van der Waals surface area contributed by atoms with Crippen LogP contribution in [0.3, 0.4) is 0 Å². The SMILES string of the molecule is CCCNc1cc(C(=O)NCCNC(N)=O)cc(CC)n1. The first-order valence-corrected chi connectivity index (χ1v) is 7.13. The zero-order chi connectivity index (χ0) is 15.7. The Bertz CT molecular complexity index is 490. The highest BCUT2D eigenvalue weighted by Crippen LogP contribution is 2.11. The number of rotatable bonds is 8. The van der Waals surface area contributed by atoms with Crippen molar-refractivity contribution in [1.82, 2.24) is 15.6 Å². The lowest BCUT2D eigenvalue weighted by Crippen LogP contribution is -2.37. The Hall–Kier alpha value is -2.31. The lowest BCUT2D eigenvalue weighted by atomic mass is 10.2. The maximum absolute atomic E-state index is 12.1. The second-order valence-corrected chi connectivity index (χ2v) is 4.56. The van der Waals surface area contributed by atoms with Crippen LogP contribution < -0.4 is 21.7 Å². The van der Waals surface area contributed by atoms with Gasteiger partial charge in [-0.25, -0.2) is 9.78 Å². The molecule has 0 fully saturated rings. The summed E-state index contributed by atoms with van der Waals surface area (Å²) in [7, 11) is 0. The summed E-state index contributed by atoms with van der Waals surface area (Å²) < 4.78 is 0. The van der Waals surface area contributed by atoms with E-state index in [1.807, 2.05) is 6.92 Å². The molecule has 0 aliphatic heterocycles. The maximum Gasteiger partial charge on any atom is 0.312 e. The first kappa shape index (κ1) is 16.7. The largest absolute Gasteiger partial charge is 0.370 e. The van der Waals surface area contributed by atoms with Crippen LogP contribution in [0.5, 0.6) is 0 Å². The molecule has 1 rings (SSSR count). The third-order valence-corrected chi connectivity index (χ3v) is 2.77. The summed E-state index contributed by atoms with van der Waals surface area (Å²) in [5.41, 5.74) is 6.36. The minimum atomic E-state index is -0.604. The molecule has 1 heterocycles. The van der Waals surface area contributed by atoms with Crippen molar-refractivity contribution < 1.29 is 9.59 Å². The van der Waals surface area contributed by atoms with Gasteiger partial charge in [-0.05, 0) is 25.0 Å². The van der Waals surface area contributed by atoms with Gasteiger partial charge in [0.1, 0.15) is 5.82 Å². The van der Waals surface area contributed by atoms with Crippen molar-refractivity contribution in [3.63, 3.8) is 0 Å². The van der Waals surface area contributed by atoms with E-state index in [0.29, 0.717) is 24.5 Å². The normalized spacial score (nSPS) is 10.0. The minimum Gasteiger partial charge on any atom is -0.370 e. The number of urea groups is 1. The summed E-state index contributed by atoms with van der Waals surface area (Å²) >= 11 is 0. The highest BCUT2D eigenvalue weighted by atomic mass is 16.2. The van der Waals surface area contributed by atoms with Gasteiger partial charge >= 0.3 is 6.03 Å². The number of aryl methyl sites for hydroxylation is 1. The van der Waals surface area contributed by atoms with E-state index in [2.05, 4.69) is 27.9 Å². The number of hydrogen-bond acceptors (Lipinski definition) is 4. The zero-order valence-electron chi connectivity index (χ0n) is 12.5. The van der Waals surface area contributed by atoms with Gasteiger partial charge in [0, 0.05) is 30.9 Å². The van der Waals surface area contributed by atoms with E-state index >= 15 is 0 Å². The first-order valence-electron chi connectivity index (χ1n) is 7.13. The molecule has 7 nitrogen and oxygen atoms in total. The van der Waals surface area contributed by atoms with Gasteiger partial charge in [0.25, 0.3) is 5.91 Å². The van der Waals surface area contributed by atoms with Gasteiger partial charge < -0.3 is 21.7 Å². The molecule has 116 valence electrons. The molecule has 21 heavy (non-hydrogen) atoms. The number of nitrogens with one attached hydrogen (secondary N) is 3. The molecule has 3 amide bonds. The molecule has 0 saturated carbocycles. The molecular weight excluding hydrogens is 270 g/mol. The predicted octanol–water partition coefficient (Wildman–Crippen LogP) is 0.864. The van der Waals surface area contributed by atoms with Crippen molar-refractivity contribution in [2.75, 3.05) is 25.0 Å². The van der Waals surface area contributed by atoms with Crippen molar-refractivity contribution in [2.24, 2.45) is 5.73 Å². The van der Waals surface area contributed by atoms with E-state index in [1.54, 1.807) is 12.1 Å². The van der Waals surface area contributed by atoms with Gasteiger partial charge in [-0.2, -0.15) is 0 Å². The number of aromatic nitrogens is 1. The molecule has 0 saturated heterocycles. The Morgan fingerprint density at radius 2 is 1.86 bits per heavy atom. The van der Waals surface area contributed by atoms with Crippen LogP contribution in [0.1, 0.15) is 36.3 Å². The van der Waals surface area contributed by atoms with Gasteiger partial charge in [0.15, 0.2) is 0 Å². The van der Waals surface area contributed by atoms with E-state index in [1.165, 1.54) is 0 Å². The van der Waals surface area contributed by atoms with Crippen LogP contribution in [0.4, 0.5) is 10.6 Å². The first-order chi connectivity index (χ1) is 10.1. The van der Waals surface area contributed by atoms with E-state index < -0.39 is 6.03 Å². The van der Waals surface area contributed by atoms with Crippen LogP contribution in [-0.2, 0) is 6.42 Å². The highest BCUT2D eigenvalue weighted by Gasteiger charge is 2.09. The lowest BCUT2D eigenvalue weighted by molar-refractivity contribution is 0.0953. The van der Waals surface area contributed by atoms with Gasteiger partial charge in [-0.3, -0.25) is 4.79 Å². The van der Waals surface area contributed by atoms with E-state index in [4.69, 9.17) is 5.73 Å². The summed E-state index contributed by atoms with van der Waals surface area (Å²) in [6.07, 6.45) is 1.74. The molecular formula is C14H23N5O2. The minimum absolute atomic E-state index is 0.196. The fourth-order valence-corrected chi connectivity index (χ4v) is 1.71. The van der Waals surface area contributed by atoms with Crippen molar-refractivity contribution in [3.8, 4) is 0 Å². The Balaban J connectivity index is 2.66. The summed E-state index contributed by atoms with van der Waals surface area (Å²) in [6, 6.07) is 2.90. The second-order valence-electron chi connectivity index (χ2n) is 4.56. The smallest absolute Gasteiger partial charge is 0.312 e. The molecule has 1 aromatic rings. The average molecular weight is 293 g/mol. The number of primary amides is 1. The molecule has 0 aromatic carbocycles. The summed E-state index contributed by atoms with van der Waals surface area (Å²) in [5, 5.41) is 8.32. The number of hydrogen-bond donors (Lipinski definition) is 4. The molecule has 5 N–H and O–H groups in total. The van der Waals surface area contributed by atoms with E-state index in [0.717, 1.165) is 25.1 Å². The number of nitrogens with zero attached hydrogens (tertiary/aromatic N) is 1. The summed E-state index contributed by atoms with van der Waals surface area (Å²) in [5.74, 6) is 0.509. The Kier molecular flexibility index (Phi) is 7.00. The number of pyridine rings is 1. The van der Waals surface area contributed by atoms with Crippen LogP contribution in [-0.4, -0.2) is 36.6 Å². The molecule has 0 radical (unpaired) electrons. The maximum atomic E-state index is 12.1. The van der Waals surface area contributed by atoms with Gasteiger partial charge in [-0.15, -0.1) is 0 Å². The highest BCUT2D eigenvalue weighted by molar-refractivity contribution is 5.95. The third kappa shape index (κ3) is 6.11. The van der Waals surface area contributed by atoms with Crippen LogP contribution in [0, 0.1) is 0 Å². The third-order valence-electron chi connectivity index (χ3n) is 2.77. The van der Waals surface area contributed by atoms with Crippen molar-refractivity contribution in [2.45, 2.75) is 26.7 Å². The lowest BCUT2D eigenvalue weighted by Gasteiger charge is -2.10. The quantitative estimate of drug-likeness (QED) is 0.533. The Morgan fingerprint density at radius 3 is 2.48 bits per heavy atom. The fraction of sp³-hybridized carbons (Fsp3) is 0.500. The van der Waals surface area contributed by atoms with E-state index in [-0.39, 0.29) is 5.91 Å². The van der Waals surface area contributed by atoms with Crippen LogP contribution in [0.25, 0.3) is 0 Å². The van der Waals surface area contributed by atoms with Crippen LogP contribution >= 0.6 is 0 Å².